The third kappa shape index (κ3) is 3.27. The van der Waals surface area contributed by atoms with Gasteiger partial charge in [0.15, 0.2) is 0 Å². The zero-order valence-corrected chi connectivity index (χ0v) is 13.5. The van der Waals surface area contributed by atoms with Gasteiger partial charge in [0.1, 0.15) is 6.04 Å². The number of benzene rings is 1. The lowest BCUT2D eigenvalue weighted by Crippen LogP contribution is -2.43. The Balaban J connectivity index is 1.85. The number of para-hydroxylation sites is 1. The van der Waals surface area contributed by atoms with E-state index < -0.39 is 12.0 Å². The summed E-state index contributed by atoms with van der Waals surface area (Å²) in [6.45, 7) is 1.48. The van der Waals surface area contributed by atoms with Gasteiger partial charge in [0.2, 0.25) is 5.91 Å². The van der Waals surface area contributed by atoms with E-state index in [2.05, 4.69) is 16.4 Å². The van der Waals surface area contributed by atoms with Gasteiger partial charge in [-0.3, -0.25) is 9.59 Å². The molecular weight excluding hydrogens is 312 g/mol. The Morgan fingerprint density at radius 1 is 1.30 bits per heavy atom. The second kappa shape index (κ2) is 6.50. The number of allylic oxidation sites excluding steroid dienone is 2. The zero-order chi connectivity index (χ0) is 16.4. The van der Waals surface area contributed by atoms with Gasteiger partial charge in [-0.15, -0.1) is 11.3 Å². The standard InChI is InChI=1S/C17H18N2O3S/c1-10(17(21)22)18-15(20)11-6-2-3-7-12(11)16-19-13-8-4-5-9-14(13)23-16/h2-5,8-12H,6-7H2,1H3,(H,18,20)(H,21,22)/t10-,11?,12?/m1/s1. The molecule has 0 fully saturated rings. The average molecular weight is 330 g/mol. The molecule has 0 saturated heterocycles. The monoisotopic (exact) mass is 330 g/mol. The molecule has 0 saturated carbocycles. The number of hydrogen-bond acceptors (Lipinski definition) is 4. The van der Waals surface area contributed by atoms with Gasteiger partial charge < -0.3 is 10.4 Å². The predicted octanol–water partition coefficient (Wildman–Crippen LogP) is 2.94. The first kappa shape index (κ1) is 15.7. The summed E-state index contributed by atoms with van der Waals surface area (Å²) in [5.41, 5.74) is 0.945. The van der Waals surface area contributed by atoms with E-state index in [1.165, 1.54) is 6.92 Å². The number of nitrogens with zero attached hydrogens (tertiary/aromatic N) is 1. The first-order chi connectivity index (χ1) is 11.1. The van der Waals surface area contributed by atoms with Crippen molar-refractivity contribution in [3.8, 4) is 0 Å². The van der Waals surface area contributed by atoms with Gasteiger partial charge in [0.25, 0.3) is 0 Å². The van der Waals surface area contributed by atoms with Crippen LogP contribution in [0, 0.1) is 5.92 Å². The predicted molar refractivity (Wildman–Crippen MR) is 89.5 cm³/mol. The van der Waals surface area contributed by atoms with Crippen molar-refractivity contribution in [1.29, 1.82) is 0 Å². The number of hydrogen-bond donors (Lipinski definition) is 2. The van der Waals surface area contributed by atoms with E-state index in [0.29, 0.717) is 6.42 Å². The topological polar surface area (TPSA) is 79.3 Å². The van der Waals surface area contributed by atoms with Crippen molar-refractivity contribution in [3.63, 3.8) is 0 Å². The Hall–Kier alpha value is -2.21. The molecule has 1 aliphatic carbocycles. The summed E-state index contributed by atoms with van der Waals surface area (Å²) in [6.07, 6.45) is 5.42. The van der Waals surface area contributed by atoms with Crippen LogP contribution in [0.15, 0.2) is 36.4 Å². The van der Waals surface area contributed by atoms with E-state index >= 15 is 0 Å². The number of aromatic nitrogens is 1. The van der Waals surface area contributed by atoms with Crippen molar-refractivity contribution >= 4 is 33.4 Å². The Morgan fingerprint density at radius 2 is 2.04 bits per heavy atom. The SMILES string of the molecule is C[C@@H](NC(=O)C1CC=CCC1c1nc2ccccc2s1)C(=O)O. The van der Waals surface area contributed by atoms with Crippen molar-refractivity contribution in [2.75, 3.05) is 0 Å². The van der Waals surface area contributed by atoms with Crippen LogP contribution >= 0.6 is 11.3 Å². The van der Waals surface area contributed by atoms with Crippen molar-refractivity contribution in [2.24, 2.45) is 5.92 Å². The number of nitrogens with one attached hydrogen (secondary N) is 1. The third-order valence-electron chi connectivity index (χ3n) is 4.13. The highest BCUT2D eigenvalue weighted by atomic mass is 32.1. The molecule has 3 rings (SSSR count). The van der Waals surface area contributed by atoms with E-state index in [-0.39, 0.29) is 17.7 Å². The van der Waals surface area contributed by atoms with Gasteiger partial charge in [-0.1, -0.05) is 24.3 Å². The largest absolute Gasteiger partial charge is 0.480 e. The van der Waals surface area contributed by atoms with Crippen LogP contribution < -0.4 is 5.32 Å². The fourth-order valence-corrected chi connectivity index (χ4v) is 3.95. The van der Waals surface area contributed by atoms with Gasteiger partial charge in [-0.25, -0.2) is 4.98 Å². The van der Waals surface area contributed by atoms with E-state index in [4.69, 9.17) is 5.11 Å². The molecule has 1 aromatic heterocycles. The molecule has 0 radical (unpaired) electrons. The average Bonchev–Trinajstić information content (AvgIpc) is 2.98. The van der Waals surface area contributed by atoms with Crippen LogP contribution in [0.25, 0.3) is 10.2 Å². The number of carbonyl (C=O) groups excluding carboxylic acids is 1. The molecule has 1 aliphatic rings. The minimum atomic E-state index is -1.03. The third-order valence-corrected chi connectivity index (χ3v) is 5.29. The van der Waals surface area contributed by atoms with Crippen LogP contribution in [0.2, 0.25) is 0 Å². The summed E-state index contributed by atoms with van der Waals surface area (Å²) in [4.78, 5) is 28.1. The lowest BCUT2D eigenvalue weighted by molar-refractivity contribution is -0.142. The van der Waals surface area contributed by atoms with Gasteiger partial charge in [0.05, 0.1) is 21.1 Å². The Kier molecular flexibility index (Phi) is 4.43. The van der Waals surface area contributed by atoms with Crippen LogP contribution in [0.4, 0.5) is 0 Å². The summed E-state index contributed by atoms with van der Waals surface area (Å²) in [5, 5.41) is 12.5. The molecule has 0 bridgehead atoms. The van der Waals surface area contributed by atoms with E-state index in [9.17, 15) is 9.59 Å². The number of amides is 1. The number of aliphatic carboxylic acids is 1. The maximum atomic E-state index is 12.5. The Bertz CT molecular complexity index is 735. The lowest BCUT2D eigenvalue weighted by atomic mass is 9.82. The molecule has 5 nitrogen and oxygen atoms in total. The second-order valence-corrected chi connectivity index (χ2v) is 6.81. The molecule has 1 heterocycles. The maximum Gasteiger partial charge on any atom is 0.325 e. The van der Waals surface area contributed by atoms with Crippen LogP contribution in [0.1, 0.15) is 30.7 Å². The fourth-order valence-electron chi connectivity index (χ4n) is 2.81. The molecular formula is C17H18N2O3S. The van der Waals surface area contributed by atoms with Crippen molar-refractivity contribution in [1.82, 2.24) is 10.3 Å². The molecule has 3 atom stereocenters. The maximum absolute atomic E-state index is 12.5. The number of carboxylic acid groups (broad SMARTS) is 1. The highest BCUT2D eigenvalue weighted by Crippen LogP contribution is 2.38. The molecule has 2 unspecified atom stereocenters. The molecule has 23 heavy (non-hydrogen) atoms. The van der Waals surface area contributed by atoms with Crippen molar-refractivity contribution < 1.29 is 14.7 Å². The number of thiazole rings is 1. The van der Waals surface area contributed by atoms with Gasteiger partial charge in [0, 0.05) is 5.92 Å². The zero-order valence-electron chi connectivity index (χ0n) is 12.7. The van der Waals surface area contributed by atoms with Crippen LogP contribution in [0.5, 0.6) is 0 Å². The minimum absolute atomic E-state index is 0.00149. The highest BCUT2D eigenvalue weighted by molar-refractivity contribution is 7.18. The smallest absolute Gasteiger partial charge is 0.325 e. The van der Waals surface area contributed by atoms with Crippen LogP contribution in [-0.4, -0.2) is 28.0 Å². The summed E-state index contributed by atoms with van der Waals surface area (Å²) in [7, 11) is 0. The summed E-state index contributed by atoms with van der Waals surface area (Å²) in [5.74, 6) is -1.52. The summed E-state index contributed by atoms with van der Waals surface area (Å²) >= 11 is 1.61. The normalized spacial score (nSPS) is 22.0. The molecule has 120 valence electrons. The molecule has 0 spiro atoms. The van der Waals surface area contributed by atoms with Gasteiger partial charge in [-0.2, -0.15) is 0 Å². The van der Waals surface area contributed by atoms with Crippen LogP contribution in [0.3, 0.4) is 0 Å². The number of carboxylic acids is 1. The van der Waals surface area contributed by atoms with E-state index in [1.54, 1.807) is 11.3 Å². The number of carbonyl (C=O) groups is 2. The van der Waals surface area contributed by atoms with Crippen molar-refractivity contribution in [2.45, 2.75) is 31.7 Å². The molecule has 2 N–H and O–H groups in total. The Labute approximate surface area is 138 Å². The number of rotatable bonds is 4. The van der Waals surface area contributed by atoms with Crippen molar-refractivity contribution in [3.05, 3.63) is 41.4 Å². The summed E-state index contributed by atoms with van der Waals surface area (Å²) < 4.78 is 1.11. The lowest BCUT2D eigenvalue weighted by Gasteiger charge is -2.26. The fraction of sp³-hybridized carbons (Fsp3) is 0.353. The highest BCUT2D eigenvalue weighted by Gasteiger charge is 2.33. The van der Waals surface area contributed by atoms with Gasteiger partial charge in [-0.05, 0) is 31.9 Å². The van der Waals surface area contributed by atoms with E-state index in [0.717, 1.165) is 21.6 Å². The first-order valence-electron chi connectivity index (χ1n) is 7.60. The van der Waals surface area contributed by atoms with E-state index in [1.807, 2.05) is 30.3 Å². The second-order valence-electron chi connectivity index (χ2n) is 5.74. The molecule has 0 aliphatic heterocycles. The molecule has 6 heteroatoms. The molecule has 1 aromatic carbocycles. The minimum Gasteiger partial charge on any atom is -0.480 e. The molecule has 1 amide bonds. The Morgan fingerprint density at radius 3 is 2.78 bits per heavy atom. The van der Waals surface area contributed by atoms with Crippen LogP contribution in [-0.2, 0) is 9.59 Å². The quantitative estimate of drug-likeness (QED) is 0.845. The molecule has 2 aromatic rings. The summed E-state index contributed by atoms with van der Waals surface area (Å²) in [6, 6.07) is 7.03. The van der Waals surface area contributed by atoms with Gasteiger partial charge >= 0.3 is 5.97 Å². The number of fused-ring (bicyclic) bond motifs is 1. The first-order valence-corrected chi connectivity index (χ1v) is 8.41.